The molecule has 3 N–H and O–H groups in total. The molecule has 0 bridgehead atoms. The van der Waals surface area contributed by atoms with E-state index < -0.39 is 105 Å². The van der Waals surface area contributed by atoms with Gasteiger partial charge < -0.3 is 75.4 Å². The first-order chi connectivity index (χ1) is 39.0. The van der Waals surface area contributed by atoms with Crippen LogP contribution in [-0.4, -0.2) is 274 Å². The van der Waals surface area contributed by atoms with Crippen LogP contribution in [0.2, 0.25) is 0 Å². The Morgan fingerprint density at radius 1 is 0.440 bits per heavy atom. The molecule has 0 spiro atoms. The molecule has 27 nitrogen and oxygen atoms in total. The molecule has 84 heavy (non-hydrogen) atoms. The van der Waals surface area contributed by atoms with E-state index in [2.05, 4.69) is 27.9 Å². The van der Waals surface area contributed by atoms with Gasteiger partial charge in [-0.2, -0.15) is 0 Å². The second-order valence-corrected chi connectivity index (χ2v) is 20.8. The third-order valence-corrected chi connectivity index (χ3v) is 14.5. The summed E-state index contributed by atoms with van der Waals surface area (Å²) in [4.78, 5) is 134. The van der Waals surface area contributed by atoms with E-state index in [0.29, 0.717) is 32.2 Å². The Balaban J connectivity index is 0.0000176. The van der Waals surface area contributed by atoms with Gasteiger partial charge in [-0.25, -0.2) is 0 Å². The molecular weight excluding hydrogens is 1390 g/mol. The van der Waals surface area contributed by atoms with Crippen LogP contribution in [-0.2, 0) is 60.8 Å². The molecule has 1 aromatic rings. The number of hydrogen-bond donors (Lipinski definition) is 3. The van der Waals surface area contributed by atoms with Crippen molar-refractivity contribution in [3.63, 3.8) is 0 Å². The molecule has 2 aliphatic heterocycles. The van der Waals surface area contributed by atoms with Crippen molar-refractivity contribution in [3.8, 4) is 12.3 Å². The van der Waals surface area contributed by atoms with Gasteiger partial charge in [0.05, 0.1) is 61.0 Å². The number of aliphatic carboxylic acids is 6. The minimum absolute atomic E-state index is 0. The second-order valence-electron chi connectivity index (χ2n) is 20.8. The normalized spacial score (nSPS) is 17.3. The van der Waals surface area contributed by atoms with E-state index in [9.17, 15) is 78.6 Å². The standard InChI is InChI=1S/C55H87N11O16.2Gd/c1-4-43-30-44(10-6-5-7-12-46(67)33-57-54(81)41(2)65-26-22-61(37-50(73)74)18-14-59(35-48(69)70)15-19-62(23-27-65)38-51(75)76)32-45(31-43)11-8-9-13-56-47(68)34-58-55(82)42(3)66-28-24-63(39-52(77)78)20-16-60(36-49(71)72)17-21-64(25-29-66)40-53(79)80;;/h1,30-32,41-42H,5-29,33-40H2,2-3H3,(H,56,68)(H,57,81)(H,58,82)(H,69,70)(H,71,72)(H,73,74)(H,75,76)(H,77,78)(H,79,80);;/q;2*+3/p-6. The number of benzene rings is 1. The number of hydrogen-bond acceptors (Lipinski definition) is 24. The van der Waals surface area contributed by atoms with Gasteiger partial charge in [0, 0.05) is 163 Å². The van der Waals surface area contributed by atoms with E-state index in [-0.39, 0.29) is 210 Å². The molecular formula is C55H81Gd2N11O16. The van der Waals surface area contributed by atoms with Crippen molar-refractivity contribution >= 4 is 59.3 Å². The Morgan fingerprint density at radius 2 is 0.750 bits per heavy atom. The summed E-state index contributed by atoms with van der Waals surface area (Å²) in [6.07, 6.45) is 10.9. The zero-order valence-electron chi connectivity index (χ0n) is 48.1. The number of terminal acetylenes is 1. The summed E-state index contributed by atoms with van der Waals surface area (Å²) in [7, 11) is 0. The Kier molecular flexibility index (Phi) is 40.5. The molecule has 2 atom stereocenters. The fourth-order valence-corrected chi connectivity index (χ4v) is 9.70. The summed E-state index contributed by atoms with van der Waals surface area (Å²) in [5, 5.41) is 77.0. The van der Waals surface area contributed by atoms with E-state index in [1.807, 2.05) is 12.1 Å². The van der Waals surface area contributed by atoms with Crippen molar-refractivity contribution in [1.29, 1.82) is 0 Å². The molecule has 468 valence electrons. The molecule has 2 unspecified atom stereocenters. The zero-order chi connectivity index (χ0) is 60.6. The number of carbonyl (C=O) groups excluding carboxylic acids is 10. The number of nitrogens with one attached hydrogen (secondary N) is 3. The molecule has 2 aliphatic rings. The molecule has 0 aliphatic carbocycles. The minimum Gasteiger partial charge on any atom is -0.549 e. The van der Waals surface area contributed by atoms with Crippen molar-refractivity contribution in [3.05, 3.63) is 34.9 Å². The molecule has 1 aromatic carbocycles. The number of nitrogens with zero attached hydrogens (tertiary/aromatic N) is 8. The van der Waals surface area contributed by atoms with E-state index in [1.54, 1.807) is 43.2 Å². The average molecular weight is 1470 g/mol. The van der Waals surface area contributed by atoms with Crippen LogP contribution in [0.15, 0.2) is 18.2 Å². The maximum absolute atomic E-state index is 13.4. The third kappa shape index (κ3) is 34.4. The van der Waals surface area contributed by atoms with Crippen LogP contribution in [0.1, 0.15) is 69.1 Å². The van der Waals surface area contributed by atoms with Gasteiger partial charge in [0.2, 0.25) is 17.7 Å². The molecule has 2 saturated heterocycles. The predicted octanol–water partition coefficient (Wildman–Crippen LogP) is -10.3. The number of carboxylic acids is 6. The smallest absolute Gasteiger partial charge is 0.549 e. The molecule has 0 saturated carbocycles. The number of rotatable bonds is 31. The SMILES string of the molecule is C#Cc1cc(CCCCCC(=O)CNC(=O)C(C)N2CCN(CC(=O)[O-])CCN(CC(=O)[O-])CCN(CC(=O)[O-])CC2)cc(CCCCNC(=O)CNC(=O)C(C)N2CCN(CC(=O)[O-])CCN(CC(=O)[O-])CCN(CC(=O)[O-])CC2)c1.[Gd+3].[Gd+3]. The van der Waals surface area contributed by atoms with Gasteiger partial charge in [-0.15, -0.1) is 6.42 Å². The largest absolute Gasteiger partial charge is 3.00 e. The molecule has 29 heteroatoms. The van der Waals surface area contributed by atoms with Crippen LogP contribution in [0.4, 0.5) is 0 Å². The summed E-state index contributed by atoms with van der Waals surface area (Å²) in [6.45, 7) is 3.32. The number of unbranched alkanes of at least 4 members (excludes halogenated alkanes) is 3. The Hall–Kier alpha value is -3.99. The molecule has 0 aromatic heterocycles. The van der Waals surface area contributed by atoms with E-state index in [1.165, 1.54) is 9.80 Å². The first-order valence-electron chi connectivity index (χ1n) is 27.9. The fourth-order valence-electron chi connectivity index (χ4n) is 9.70. The maximum Gasteiger partial charge on any atom is 3.00 e. The molecule has 3 rings (SSSR count). The molecule has 2 radical (unpaired) electrons. The van der Waals surface area contributed by atoms with Gasteiger partial charge >= 0.3 is 79.9 Å². The van der Waals surface area contributed by atoms with Crippen molar-refractivity contribution < 1.29 is 158 Å². The van der Waals surface area contributed by atoms with Gasteiger partial charge in [-0.1, -0.05) is 18.4 Å². The van der Waals surface area contributed by atoms with Crippen LogP contribution in [0.3, 0.4) is 0 Å². The summed E-state index contributed by atoms with van der Waals surface area (Å²) in [6, 6.07) is 4.41. The molecule has 2 heterocycles. The summed E-state index contributed by atoms with van der Waals surface area (Å²) in [5.41, 5.74) is 2.80. The topological polar surface area (TPSA) is 371 Å². The predicted molar refractivity (Wildman–Crippen MR) is 284 cm³/mol. The summed E-state index contributed by atoms with van der Waals surface area (Å²) < 4.78 is 0. The Bertz CT molecular complexity index is 2120. The number of ketones is 1. The van der Waals surface area contributed by atoms with Gasteiger partial charge in [0.15, 0.2) is 5.78 Å². The van der Waals surface area contributed by atoms with Crippen molar-refractivity contribution in [2.24, 2.45) is 0 Å². The van der Waals surface area contributed by atoms with Crippen molar-refractivity contribution in [1.82, 2.24) is 55.1 Å². The summed E-state index contributed by atoms with van der Waals surface area (Å²) in [5.74, 6) is -6.74. The third-order valence-electron chi connectivity index (χ3n) is 14.5. The van der Waals surface area contributed by atoms with Crippen LogP contribution >= 0.6 is 0 Å². The van der Waals surface area contributed by atoms with Gasteiger partial charge in [0.25, 0.3) is 0 Å². The first kappa shape index (κ1) is 78.0. The molecule has 2 fully saturated rings. The monoisotopic (exact) mass is 1470 g/mol. The van der Waals surface area contributed by atoms with Crippen LogP contribution in [0, 0.1) is 92.2 Å². The van der Waals surface area contributed by atoms with Crippen LogP contribution in [0.5, 0.6) is 0 Å². The zero-order valence-corrected chi connectivity index (χ0v) is 52.7. The van der Waals surface area contributed by atoms with E-state index in [4.69, 9.17) is 6.42 Å². The van der Waals surface area contributed by atoms with Crippen LogP contribution in [0.25, 0.3) is 0 Å². The van der Waals surface area contributed by atoms with Crippen LogP contribution < -0.4 is 46.6 Å². The average Bonchev–Trinajstić information content (AvgIpc) is 3.51. The van der Waals surface area contributed by atoms with Gasteiger partial charge in [0.1, 0.15) is 0 Å². The number of carboxylic acid groups (broad SMARTS) is 6. The fraction of sp³-hybridized carbons (Fsp3) is 0.673. The van der Waals surface area contributed by atoms with E-state index >= 15 is 0 Å². The van der Waals surface area contributed by atoms with Crippen molar-refractivity contribution in [2.45, 2.75) is 77.3 Å². The quantitative estimate of drug-likeness (QED) is 0.0459. The Labute approximate surface area is 556 Å². The second kappa shape index (κ2) is 43.6. The van der Waals surface area contributed by atoms with Gasteiger partial charge in [-0.05, 0) is 75.6 Å². The van der Waals surface area contributed by atoms with Gasteiger partial charge in [-0.3, -0.25) is 58.4 Å². The number of aryl methyl sites for hydroxylation is 2. The maximum atomic E-state index is 13.4. The minimum atomic E-state index is -1.33. The number of amides is 3. The summed E-state index contributed by atoms with van der Waals surface area (Å²) >= 11 is 0. The molecule has 3 amide bonds. The first-order valence-corrected chi connectivity index (χ1v) is 27.9. The van der Waals surface area contributed by atoms with E-state index in [0.717, 1.165) is 36.0 Å². The Morgan fingerprint density at radius 3 is 1.07 bits per heavy atom. The van der Waals surface area contributed by atoms with Crippen molar-refractivity contribution in [2.75, 3.05) is 164 Å². The number of carbonyl (C=O) groups is 10. The number of Topliss-reactive ketones (excluding diaryl/α,β-unsaturated/α-hetero) is 1.